The molecule has 0 saturated heterocycles. The number of rotatable bonds is 3. The van der Waals surface area contributed by atoms with Gasteiger partial charge in [-0.25, -0.2) is 9.78 Å². The van der Waals surface area contributed by atoms with E-state index in [9.17, 15) is 14.7 Å². The molecule has 0 amide bonds. The number of hydrogen-bond acceptors (Lipinski definition) is 4. The number of imidazole rings is 1. The first-order chi connectivity index (χ1) is 9.33. The van der Waals surface area contributed by atoms with Gasteiger partial charge < -0.3 is 9.67 Å². The zero-order chi connectivity index (χ0) is 14.7. The molecule has 7 heteroatoms. The van der Waals surface area contributed by atoms with E-state index in [1.807, 2.05) is 0 Å². The Morgan fingerprint density at radius 2 is 2.10 bits per heavy atom. The van der Waals surface area contributed by atoms with Gasteiger partial charge in [0.15, 0.2) is 11.2 Å². The van der Waals surface area contributed by atoms with E-state index in [0.29, 0.717) is 24.1 Å². The van der Waals surface area contributed by atoms with Gasteiger partial charge in [0, 0.05) is 20.6 Å². The molecule has 0 aliphatic heterocycles. The van der Waals surface area contributed by atoms with Gasteiger partial charge in [-0.15, -0.1) is 0 Å². The van der Waals surface area contributed by atoms with Gasteiger partial charge >= 0.3 is 5.69 Å². The molecule has 0 aromatic carbocycles. The Morgan fingerprint density at radius 1 is 1.45 bits per heavy atom. The minimum Gasteiger partial charge on any atom is -0.390 e. The maximum absolute atomic E-state index is 12.4. The average molecular weight is 278 g/mol. The second kappa shape index (κ2) is 4.05. The zero-order valence-corrected chi connectivity index (χ0v) is 11.8. The third-order valence-corrected chi connectivity index (χ3v) is 4.28. The summed E-state index contributed by atoms with van der Waals surface area (Å²) in [4.78, 5) is 28.7. The lowest BCUT2D eigenvalue weighted by molar-refractivity contribution is 0.148. The molecule has 20 heavy (non-hydrogen) atoms. The van der Waals surface area contributed by atoms with Crippen LogP contribution in [-0.4, -0.2) is 29.4 Å². The molecule has 3 rings (SSSR count). The molecule has 0 bridgehead atoms. The monoisotopic (exact) mass is 278 g/mol. The molecule has 2 aromatic rings. The summed E-state index contributed by atoms with van der Waals surface area (Å²) in [6.07, 6.45) is 2.89. The van der Waals surface area contributed by atoms with Crippen molar-refractivity contribution in [3.8, 4) is 0 Å². The minimum atomic E-state index is -0.633. The first-order valence-electron chi connectivity index (χ1n) is 6.66. The summed E-state index contributed by atoms with van der Waals surface area (Å²) in [6, 6.07) is 0. The minimum absolute atomic E-state index is 0.168. The van der Waals surface area contributed by atoms with Gasteiger partial charge in [-0.2, -0.15) is 0 Å². The summed E-state index contributed by atoms with van der Waals surface area (Å²) in [7, 11) is 3.35. The van der Waals surface area contributed by atoms with Crippen LogP contribution in [0, 0.1) is 5.92 Å². The van der Waals surface area contributed by atoms with Crippen LogP contribution in [0.5, 0.6) is 0 Å². The van der Waals surface area contributed by atoms with Gasteiger partial charge in [0.2, 0.25) is 0 Å². The van der Waals surface area contributed by atoms with Crippen molar-refractivity contribution in [3.05, 3.63) is 27.2 Å². The lowest BCUT2D eigenvalue weighted by Crippen LogP contribution is -2.39. The molecule has 7 nitrogen and oxygen atoms in total. The van der Waals surface area contributed by atoms with Crippen LogP contribution >= 0.6 is 0 Å². The quantitative estimate of drug-likeness (QED) is 0.828. The number of aromatic nitrogens is 4. The maximum atomic E-state index is 12.4. The molecule has 0 radical (unpaired) electrons. The van der Waals surface area contributed by atoms with Crippen molar-refractivity contribution in [1.82, 2.24) is 18.7 Å². The summed E-state index contributed by atoms with van der Waals surface area (Å²) >= 11 is 0. The van der Waals surface area contributed by atoms with Gasteiger partial charge in [0.1, 0.15) is 0 Å². The normalized spacial score (nSPS) is 25.3. The average Bonchev–Trinajstić information content (AvgIpc) is 2.80. The summed E-state index contributed by atoms with van der Waals surface area (Å²) in [5, 5.41) is 9.76. The Balaban J connectivity index is 2.04. The summed E-state index contributed by atoms with van der Waals surface area (Å²) < 4.78 is 4.25. The van der Waals surface area contributed by atoms with Crippen molar-refractivity contribution in [2.45, 2.75) is 31.9 Å². The molecule has 2 heterocycles. The van der Waals surface area contributed by atoms with Crippen molar-refractivity contribution in [1.29, 1.82) is 0 Å². The van der Waals surface area contributed by atoms with Gasteiger partial charge in [-0.1, -0.05) is 0 Å². The predicted octanol–water partition coefficient (Wildman–Crippen LogP) is -0.405. The van der Waals surface area contributed by atoms with Crippen LogP contribution in [0.1, 0.15) is 19.8 Å². The maximum Gasteiger partial charge on any atom is 0.332 e. The first kappa shape index (κ1) is 13.1. The molecular weight excluding hydrogens is 260 g/mol. The van der Waals surface area contributed by atoms with Crippen LogP contribution in [0.25, 0.3) is 11.2 Å². The molecule has 2 atom stereocenters. The van der Waals surface area contributed by atoms with Gasteiger partial charge in [0.05, 0.1) is 11.9 Å². The molecule has 2 unspecified atom stereocenters. The third-order valence-electron chi connectivity index (χ3n) is 4.28. The Morgan fingerprint density at radius 3 is 2.70 bits per heavy atom. The highest BCUT2D eigenvalue weighted by Crippen LogP contribution is 2.45. The fourth-order valence-corrected chi connectivity index (χ4v) is 2.73. The van der Waals surface area contributed by atoms with Crippen LogP contribution in [0.15, 0.2) is 15.9 Å². The molecule has 1 N–H and O–H groups in total. The van der Waals surface area contributed by atoms with Crippen molar-refractivity contribution in [2.75, 3.05) is 0 Å². The van der Waals surface area contributed by atoms with Crippen molar-refractivity contribution in [3.63, 3.8) is 0 Å². The zero-order valence-electron chi connectivity index (χ0n) is 11.8. The number of nitrogens with zero attached hydrogens (tertiary/aromatic N) is 4. The van der Waals surface area contributed by atoms with Crippen molar-refractivity contribution < 1.29 is 5.11 Å². The van der Waals surface area contributed by atoms with E-state index >= 15 is 0 Å². The van der Waals surface area contributed by atoms with E-state index in [4.69, 9.17) is 0 Å². The molecular formula is C13H18N4O3. The molecule has 1 aliphatic carbocycles. The Kier molecular flexibility index (Phi) is 2.66. The van der Waals surface area contributed by atoms with Crippen LogP contribution in [0.3, 0.4) is 0 Å². The molecule has 1 fully saturated rings. The summed E-state index contributed by atoms with van der Waals surface area (Å²) in [6.45, 7) is 2.11. The van der Waals surface area contributed by atoms with E-state index in [0.717, 1.165) is 6.42 Å². The van der Waals surface area contributed by atoms with E-state index in [1.54, 1.807) is 25.6 Å². The summed E-state index contributed by atoms with van der Waals surface area (Å²) in [5.74, 6) is 0.168. The van der Waals surface area contributed by atoms with Crippen LogP contribution < -0.4 is 11.2 Å². The number of aryl methyl sites for hydroxylation is 2. The van der Waals surface area contributed by atoms with E-state index in [2.05, 4.69) is 4.98 Å². The lowest BCUT2D eigenvalue weighted by Gasteiger charge is -2.09. The SMILES string of the molecule is Cn1cnc2c1c(=O)n(CCC1CC1(C)O)c(=O)n2C. The van der Waals surface area contributed by atoms with Gasteiger partial charge in [-0.05, 0) is 25.7 Å². The smallest absolute Gasteiger partial charge is 0.332 e. The van der Waals surface area contributed by atoms with E-state index in [1.165, 1.54) is 15.5 Å². The number of hydrogen-bond donors (Lipinski definition) is 1. The largest absolute Gasteiger partial charge is 0.390 e. The number of aliphatic hydroxyl groups is 1. The van der Waals surface area contributed by atoms with Gasteiger partial charge in [-0.3, -0.25) is 13.9 Å². The van der Waals surface area contributed by atoms with Crippen molar-refractivity contribution >= 4 is 11.2 Å². The summed E-state index contributed by atoms with van der Waals surface area (Å²) in [5.41, 5.74) is -0.484. The molecule has 1 saturated carbocycles. The standard InChI is InChI=1S/C13H18N4O3/c1-13(20)6-8(13)4-5-17-11(18)9-10(14-7-15(9)2)16(3)12(17)19/h7-8,20H,4-6H2,1-3H3. The highest BCUT2D eigenvalue weighted by molar-refractivity contribution is 5.69. The molecule has 2 aromatic heterocycles. The van der Waals surface area contributed by atoms with Crippen LogP contribution in [0.2, 0.25) is 0 Å². The molecule has 108 valence electrons. The van der Waals surface area contributed by atoms with Crippen LogP contribution in [-0.2, 0) is 20.6 Å². The van der Waals surface area contributed by atoms with Crippen molar-refractivity contribution in [2.24, 2.45) is 20.0 Å². The molecule has 1 aliphatic rings. The Hall–Kier alpha value is -1.89. The highest BCUT2D eigenvalue weighted by Gasteiger charge is 2.47. The fourth-order valence-electron chi connectivity index (χ4n) is 2.73. The predicted molar refractivity (Wildman–Crippen MR) is 73.6 cm³/mol. The number of fused-ring (bicyclic) bond motifs is 1. The second-order valence-corrected chi connectivity index (χ2v) is 5.87. The Bertz CT molecular complexity index is 796. The highest BCUT2D eigenvalue weighted by atomic mass is 16.3. The Labute approximate surface area is 115 Å². The topological polar surface area (TPSA) is 82.1 Å². The second-order valence-electron chi connectivity index (χ2n) is 5.87. The molecule has 0 spiro atoms. The van der Waals surface area contributed by atoms with Crippen LogP contribution in [0.4, 0.5) is 0 Å². The van der Waals surface area contributed by atoms with E-state index < -0.39 is 5.60 Å². The fraction of sp³-hybridized carbons (Fsp3) is 0.615. The first-order valence-corrected chi connectivity index (χ1v) is 6.66. The van der Waals surface area contributed by atoms with E-state index in [-0.39, 0.29) is 17.2 Å². The lowest BCUT2D eigenvalue weighted by atomic mass is 10.2. The van der Waals surface area contributed by atoms with Gasteiger partial charge in [0.25, 0.3) is 5.56 Å². The third kappa shape index (κ3) is 1.81.